The van der Waals surface area contributed by atoms with Crippen molar-refractivity contribution in [3.8, 4) is 0 Å². The smallest absolute Gasteiger partial charge is 0.207 e. The van der Waals surface area contributed by atoms with Crippen LogP contribution in [0.4, 0.5) is 11.8 Å². The van der Waals surface area contributed by atoms with Crippen LogP contribution in [-0.2, 0) is 4.74 Å². The number of anilines is 2. The van der Waals surface area contributed by atoms with Crippen molar-refractivity contribution in [1.29, 1.82) is 0 Å². The maximum absolute atomic E-state index is 10.3. The van der Waals surface area contributed by atoms with Crippen LogP contribution < -0.4 is 11.1 Å². The van der Waals surface area contributed by atoms with Crippen LogP contribution in [0.25, 0.3) is 11.2 Å². The summed E-state index contributed by atoms with van der Waals surface area (Å²) in [5.41, 5.74) is 6.63. The van der Waals surface area contributed by atoms with Gasteiger partial charge in [-0.2, -0.15) is 0 Å². The first-order valence-electron chi connectivity index (χ1n) is 7.93. The van der Waals surface area contributed by atoms with Gasteiger partial charge in [0.05, 0.1) is 6.61 Å². The van der Waals surface area contributed by atoms with Crippen molar-refractivity contribution in [3.63, 3.8) is 0 Å². The van der Waals surface area contributed by atoms with E-state index in [2.05, 4.69) is 27.2 Å². The second-order valence-electron chi connectivity index (χ2n) is 5.75. The molecule has 2 aromatic rings. The van der Waals surface area contributed by atoms with Crippen molar-refractivity contribution in [1.82, 2.24) is 19.5 Å². The van der Waals surface area contributed by atoms with Gasteiger partial charge in [-0.1, -0.05) is 13.3 Å². The number of nitrogens with zero attached hydrogens (tertiary/aromatic N) is 4. The average molecular weight is 338 g/mol. The molecule has 24 heavy (non-hydrogen) atoms. The maximum atomic E-state index is 10.3. The first-order valence-corrected chi connectivity index (χ1v) is 7.93. The van der Waals surface area contributed by atoms with Crippen LogP contribution in [0.2, 0.25) is 0 Å². The largest absolute Gasteiger partial charge is 0.394 e. The number of imidazole rings is 1. The fraction of sp³-hybridized carbons (Fsp3) is 0.643. The van der Waals surface area contributed by atoms with Crippen LogP contribution in [0, 0.1) is 0 Å². The second kappa shape index (κ2) is 6.85. The number of nitrogens with one attached hydrogen (secondary N) is 1. The molecule has 1 fully saturated rings. The Morgan fingerprint density at radius 2 is 2.12 bits per heavy atom. The third-order valence-electron chi connectivity index (χ3n) is 4.09. The number of hydrogen-bond donors (Lipinski definition) is 5. The molecule has 0 spiro atoms. The molecule has 0 amide bonds. The number of hydrogen-bond acceptors (Lipinski definition) is 9. The fourth-order valence-electron chi connectivity index (χ4n) is 2.76. The number of fused-ring (bicyclic) bond motifs is 1. The molecule has 3 rings (SSSR count). The molecule has 1 aliphatic rings. The van der Waals surface area contributed by atoms with Crippen LogP contribution >= 0.6 is 0 Å². The molecule has 0 radical (unpaired) electrons. The summed E-state index contributed by atoms with van der Waals surface area (Å²) in [4.78, 5) is 12.5. The van der Waals surface area contributed by atoms with E-state index < -0.39 is 31.1 Å². The molecular formula is C14H22N6O4. The Labute approximate surface area is 138 Å². The monoisotopic (exact) mass is 338 g/mol. The van der Waals surface area contributed by atoms with Crippen molar-refractivity contribution in [2.24, 2.45) is 0 Å². The van der Waals surface area contributed by atoms with Gasteiger partial charge >= 0.3 is 0 Å². The summed E-state index contributed by atoms with van der Waals surface area (Å²) in [5, 5.41) is 32.8. The van der Waals surface area contributed by atoms with E-state index in [9.17, 15) is 15.3 Å². The molecule has 6 N–H and O–H groups in total. The number of aromatic nitrogens is 4. The van der Waals surface area contributed by atoms with E-state index in [0.29, 0.717) is 23.7 Å². The van der Waals surface area contributed by atoms with Gasteiger partial charge in [0.15, 0.2) is 23.2 Å². The average Bonchev–Trinajstić information content (AvgIpc) is 3.07. The minimum atomic E-state index is -1.23. The van der Waals surface area contributed by atoms with E-state index in [-0.39, 0.29) is 5.82 Å². The molecule has 3 heterocycles. The summed E-state index contributed by atoms with van der Waals surface area (Å²) in [6, 6.07) is 0. The van der Waals surface area contributed by atoms with Crippen LogP contribution in [-0.4, -0.2) is 66.3 Å². The number of nitrogen functional groups attached to an aromatic ring is 1. The van der Waals surface area contributed by atoms with Gasteiger partial charge in [-0.15, -0.1) is 0 Å². The van der Waals surface area contributed by atoms with Crippen LogP contribution in [0.15, 0.2) is 6.33 Å². The Bertz CT molecular complexity index is 708. The van der Waals surface area contributed by atoms with E-state index >= 15 is 0 Å². The Morgan fingerprint density at radius 3 is 2.79 bits per heavy atom. The third-order valence-corrected chi connectivity index (χ3v) is 4.09. The van der Waals surface area contributed by atoms with E-state index in [0.717, 1.165) is 12.8 Å². The molecule has 10 nitrogen and oxygen atoms in total. The minimum absolute atomic E-state index is 0.212. The van der Waals surface area contributed by atoms with Crippen molar-refractivity contribution < 1.29 is 20.1 Å². The standard InChI is InChI=1S/C14H22N6O4/c1-2-3-4-16-14-19-8-11(15)17-6-18-12(8)20(14)13-10(23)9(22)7(5-21)24-13/h6-7,9-10,13,21-23H,2-5H2,1H3,(H,16,19)(H2,15,17,18)/t7-,9+,10-,13+/m0/s1. The zero-order valence-electron chi connectivity index (χ0n) is 13.3. The minimum Gasteiger partial charge on any atom is -0.394 e. The van der Waals surface area contributed by atoms with Crippen LogP contribution in [0.3, 0.4) is 0 Å². The first-order chi connectivity index (χ1) is 11.6. The van der Waals surface area contributed by atoms with E-state index in [1.165, 1.54) is 6.33 Å². The molecule has 1 saturated heterocycles. The van der Waals surface area contributed by atoms with Gasteiger partial charge in [-0.3, -0.25) is 4.57 Å². The number of ether oxygens (including phenoxy) is 1. The lowest BCUT2D eigenvalue weighted by Crippen LogP contribution is -2.33. The van der Waals surface area contributed by atoms with Gasteiger partial charge < -0.3 is 31.1 Å². The number of nitrogens with two attached hydrogens (primary N) is 1. The maximum Gasteiger partial charge on any atom is 0.207 e. The highest BCUT2D eigenvalue weighted by Crippen LogP contribution is 2.34. The van der Waals surface area contributed by atoms with E-state index in [4.69, 9.17) is 10.5 Å². The zero-order valence-corrected chi connectivity index (χ0v) is 13.3. The normalized spacial score (nSPS) is 27.0. The van der Waals surface area contributed by atoms with Crippen molar-refractivity contribution in [2.45, 2.75) is 44.3 Å². The molecule has 0 bridgehead atoms. The topological polar surface area (TPSA) is 152 Å². The quantitative estimate of drug-likeness (QED) is 0.428. The molecule has 0 aromatic carbocycles. The lowest BCUT2D eigenvalue weighted by atomic mass is 10.1. The first kappa shape index (κ1) is 16.8. The zero-order chi connectivity index (χ0) is 17.3. The highest BCUT2D eigenvalue weighted by Gasteiger charge is 2.45. The lowest BCUT2D eigenvalue weighted by molar-refractivity contribution is -0.0501. The summed E-state index contributed by atoms with van der Waals surface area (Å²) in [5.74, 6) is 0.629. The van der Waals surface area contributed by atoms with E-state index in [1.54, 1.807) is 4.57 Å². The predicted octanol–water partition coefficient (Wildman–Crippen LogP) is -0.768. The second-order valence-corrected chi connectivity index (χ2v) is 5.75. The molecule has 132 valence electrons. The van der Waals surface area contributed by atoms with Crippen molar-refractivity contribution >= 4 is 22.9 Å². The van der Waals surface area contributed by atoms with Gasteiger partial charge in [-0.05, 0) is 6.42 Å². The third kappa shape index (κ3) is 2.77. The Hall–Kier alpha value is -2.01. The molecule has 0 aliphatic carbocycles. The fourth-order valence-corrected chi connectivity index (χ4v) is 2.76. The van der Waals surface area contributed by atoms with Gasteiger partial charge in [0, 0.05) is 6.54 Å². The number of unbranched alkanes of at least 4 members (excludes halogenated alkanes) is 1. The Morgan fingerprint density at radius 1 is 1.33 bits per heavy atom. The molecular weight excluding hydrogens is 316 g/mol. The Kier molecular flexibility index (Phi) is 4.81. The SMILES string of the molecule is CCCCNc1nc2c(N)ncnc2n1[C@@H]1O[C@@H](CO)[C@@H](O)[C@@H]1O. The molecule has 0 saturated carbocycles. The number of aliphatic hydroxyl groups is 3. The summed E-state index contributed by atoms with van der Waals surface area (Å²) in [7, 11) is 0. The van der Waals surface area contributed by atoms with Gasteiger partial charge in [0.25, 0.3) is 0 Å². The highest BCUT2D eigenvalue weighted by molar-refractivity contribution is 5.84. The number of aliphatic hydroxyl groups excluding tert-OH is 3. The highest BCUT2D eigenvalue weighted by atomic mass is 16.6. The van der Waals surface area contributed by atoms with E-state index in [1.807, 2.05) is 0 Å². The van der Waals surface area contributed by atoms with Crippen LogP contribution in [0.1, 0.15) is 26.0 Å². The van der Waals surface area contributed by atoms with Crippen LogP contribution in [0.5, 0.6) is 0 Å². The summed E-state index contributed by atoms with van der Waals surface area (Å²) in [6.07, 6.45) is -1.04. The molecule has 2 aromatic heterocycles. The lowest BCUT2D eigenvalue weighted by Gasteiger charge is -2.19. The van der Waals surface area contributed by atoms with Gasteiger partial charge in [0.2, 0.25) is 5.95 Å². The molecule has 1 aliphatic heterocycles. The predicted molar refractivity (Wildman–Crippen MR) is 86.1 cm³/mol. The van der Waals surface area contributed by atoms with Gasteiger partial charge in [-0.25, -0.2) is 15.0 Å². The molecule has 4 atom stereocenters. The molecule has 0 unspecified atom stereocenters. The Balaban J connectivity index is 2.04. The summed E-state index contributed by atoms with van der Waals surface area (Å²) >= 11 is 0. The number of rotatable bonds is 6. The summed E-state index contributed by atoms with van der Waals surface area (Å²) in [6.45, 7) is 2.33. The molecule has 10 heteroatoms. The van der Waals surface area contributed by atoms with Crippen molar-refractivity contribution in [3.05, 3.63) is 6.33 Å². The van der Waals surface area contributed by atoms with Crippen molar-refractivity contribution in [2.75, 3.05) is 24.2 Å². The summed E-state index contributed by atoms with van der Waals surface area (Å²) < 4.78 is 7.15. The van der Waals surface area contributed by atoms with Gasteiger partial charge in [0.1, 0.15) is 24.6 Å².